The van der Waals surface area contributed by atoms with Crippen LogP contribution in [-0.4, -0.2) is 44.5 Å². The molecule has 1 atom stereocenters. The highest BCUT2D eigenvalue weighted by atomic mass is 32.1. The number of carbonyl (C=O) groups excluding carboxylic acids is 1. The Morgan fingerprint density at radius 1 is 1.41 bits per heavy atom. The van der Waals surface area contributed by atoms with Crippen LogP contribution >= 0.6 is 11.3 Å². The zero-order valence-electron chi connectivity index (χ0n) is 15.4. The van der Waals surface area contributed by atoms with Crippen LogP contribution < -0.4 is 5.32 Å². The Morgan fingerprint density at radius 2 is 2.26 bits per heavy atom. The number of amides is 1. The molecule has 1 N–H and O–H groups in total. The summed E-state index contributed by atoms with van der Waals surface area (Å²) < 4.78 is 1.87. The molecule has 1 aliphatic carbocycles. The molecule has 0 unspecified atom stereocenters. The topological polar surface area (TPSA) is 63.1 Å². The van der Waals surface area contributed by atoms with E-state index in [1.54, 1.807) is 23.9 Å². The largest absolute Gasteiger partial charge is 0.331 e. The third-order valence-corrected chi connectivity index (χ3v) is 6.85. The summed E-state index contributed by atoms with van der Waals surface area (Å²) in [7, 11) is 1.91. The standard InChI is InChI=1S/C20H23N5OS/c1-24-13-23-16-8-15(10-22-18(16)24)19(26)25(11-14-2-7-27-12-14)17-9-20(17)3-5-21-6-4-20/h2,7-8,10,12-13,17,21H,3-6,9,11H2,1H3/t17-/m1/s1. The van der Waals surface area contributed by atoms with E-state index in [1.807, 2.05) is 17.7 Å². The summed E-state index contributed by atoms with van der Waals surface area (Å²) >= 11 is 1.68. The van der Waals surface area contributed by atoms with E-state index in [4.69, 9.17) is 0 Å². The van der Waals surface area contributed by atoms with Gasteiger partial charge >= 0.3 is 0 Å². The first-order valence-corrected chi connectivity index (χ1v) is 10.4. The van der Waals surface area contributed by atoms with Crippen molar-refractivity contribution in [1.29, 1.82) is 0 Å². The van der Waals surface area contributed by atoms with E-state index in [2.05, 4.69) is 37.0 Å². The van der Waals surface area contributed by atoms with E-state index in [0.29, 0.717) is 23.6 Å². The van der Waals surface area contributed by atoms with Gasteiger partial charge in [0.2, 0.25) is 0 Å². The highest BCUT2D eigenvalue weighted by molar-refractivity contribution is 7.07. The predicted molar refractivity (Wildman–Crippen MR) is 106 cm³/mol. The van der Waals surface area contributed by atoms with Crippen LogP contribution in [0.25, 0.3) is 11.2 Å². The average Bonchev–Trinajstić information content (AvgIpc) is 3.04. The van der Waals surface area contributed by atoms with E-state index < -0.39 is 0 Å². The number of nitrogens with zero attached hydrogens (tertiary/aromatic N) is 4. The van der Waals surface area contributed by atoms with E-state index in [0.717, 1.165) is 43.5 Å². The molecular formula is C20H23N5OS. The van der Waals surface area contributed by atoms with Crippen molar-refractivity contribution in [3.05, 3.63) is 46.5 Å². The first-order valence-electron chi connectivity index (χ1n) is 9.46. The second-order valence-corrected chi connectivity index (χ2v) is 8.60. The number of imidazole rings is 1. The van der Waals surface area contributed by atoms with E-state index in [1.165, 1.54) is 5.56 Å². The summed E-state index contributed by atoms with van der Waals surface area (Å²) in [5.74, 6) is 0.0710. The normalized spacial score (nSPS) is 20.9. The second-order valence-electron chi connectivity index (χ2n) is 7.82. The number of pyridine rings is 1. The SMILES string of the molecule is Cn1cnc2cc(C(=O)N(Cc3ccsc3)[C@@H]3CC34CCNCC4)cnc21. The van der Waals surface area contributed by atoms with Gasteiger partial charge in [-0.1, -0.05) is 0 Å². The maximum Gasteiger partial charge on any atom is 0.256 e. The van der Waals surface area contributed by atoms with Crippen LogP contribution in [0.3, 0.4) is 0 Å². The molecule has 2 aliphatic rings. The van der Waals surface area contributed by atoms with Crippen molar-refractivity contribution in [3.8, 4) is 0 Å². The second kappa shape index (κ2) is 6.42. The molecule has 1 spiro atoms. The number of piperidine rings is 1. The van der Waals surface area contributed by atoms with Gasteiger partial charge in [0, 0.05) is 25.8 Å². The van der Waals surface area contributed by atoms with Gasteiger partial charge in [0.1, 0.15) is 5.52 Å². The number of rotatable bonds is 4. The monoisotopic (exact) mass is 381 g/mol. The van der Waals surface area contributed by atoms with E-state index >= 15 is 0 Å². The third kappa shape index (κ3) is 2.95. The maximum atomic E-state index is 13.5. The minimum atomic E-state index is 0.0710. The molecule has 0 bridgehead atoms. The lowest BCUT2D eigenvalue weighted by Crippen LogP contribution is -2.39. The lowest BCUT2D eigenvalue weighted by Gasteiger charge is -2.29. The lowest BCUT2D eigenvalue weighted by molar-refractivity contribution is 0.0692. The summed E-state index contributed by atoms with van der Waals surface area (Å²) in [5.41, 5.74) is 3.71. The van der Waals surface area contributed by atoms with Gasteiger partial charge in [0.05, 0.1) is 11.9 Å². The van der Waals surface area contributed by atoms with Gasteiger partial charge in [0.25, 0.3) is 5.91 Å². The molecule has 1 saturated carbocycles. The smallest absolute Gasteiger partial charge is 0.256 e. The fraction of sp³-hybridized carbons (Fsp3) is 0.450. The maximum absolute atomic E-state index is 13.5. The van der Waals surface area contributed by atoms with Gasteiger partial charge in [-0.3, -0.25) is 4.79 Å². The van der Waals surface area contributed by atoms with Gasteiger partial charge < -0.3 is 14.8 Å². The van der Waals surface area contributed by atoms with Crippen LogP contribution in [0.1, 0.15) is 35.2 Å². The number of aryl methyl sites for hydroxylation is 1. The average molecular weight is 382 g/mol. The van der Waals surface area contributed by atoms with Crippen LogP contribution in [-0.2, 0) is 13.6 Å². The molecule has 3 aromatic rings. The molecule has 0 radical (unpaired) electrons. The third-order valence-electron chi connectivity index (χ3n) is 6.11. The lowest BCUT2D eigenvalue weighted by atomic mass is 9.93. The molecule has 2 fully saturated rings. The van der Waals surface area contributed by atoms with Crippen molar-refractivity contribution in [2.75, 3.05) is 13.1 Å². The Hall–Kier alpha value is -2.25. The summed E-state index contributed by atoms with van der Waals surface area (Å²) in [6.45, 7) is 2.78. The van der Waals surface area contributed by atoms with Crippen molar-refractivity contribution < 1.29 is 4.79 Å². The fourth-order valence-corrected chi connectivity index (χ4v) is 5.09. The zero-order chi connectivity index (χ0) is 18.4. The Kier molecular flexibility index (Phi) is 4.02. The van der Waals surface area contributed by atoms with Crippen LogP contribution in [0.2, 0.25) is 0 Å². The van der Waals surface area contributed by atoms with Gasteiger partial charge in [-0.25, -0.2) is 9.97 Å². The molecule has 5 rings (SSSR count). The Morgan fingerprint density at radius 3 is 3.04 bits per heavy atom. The minimum absolute atomic E-state index is 0.0710. The Balaban J connectivity index is 1.46. The molecule has 1 saturated heterocycles. The number of nitrogens with one attached hydrogen (secondary N) is 1. The number of fused-ring (bicyclic) bond motifs is 1. The highest BCUT2D eigenvalue weighted by Gasteiger charge is 2.57. The van der Waals surface area contributed by atoms with Crippen molar-refractivity contribution in [2.45, 2.75) is 31.8 Å². The first-order chi connectivity index (χ1) is 13.2. The van der Waals surface area contributed by atoms with Crippen LogP contribution in [0.15, 0.2) is 35.4 Å². The summed E-state index contributed by atoms with van der Waals surface area (Å²) in [6, 6.07) is 4.32. The summed E-state index contributed by atoms with van der Waals surface area (Å²) in [5, 5.41) is 7.66. The number of carbonyl (C=O) groups is 1. The molecule has 27 heavy (non-hydrogen) atoms. The molecule has 3 aromatic heterocycles. The van der Waals surface area contributed by atoms with Crippen LogP contribution in [0.5, 0.6) is 0 Å². The van der Waals surface area contributed by atoms with E-state index in [-0.39, 0.29) is 5.91 Å². The summed E-state index contributed by atoms with van der Waals surface area (Å²) in [4.78, 5) is 24.4. The van der Waals surface area contributed by atoms with Crippen LogP contribution in [0.4, 0.5) is 0 Å². The number of thiophene rings is 1. The Bertz CT molecular complexity index is 974. The van der Waals surface area contributed by atoms with Crippen molar-refractivity contribution in [1.82, 2.24) is 24.8 Å². The van der Waals surface area contributed by atoms with Crippen molar-refractivity contribution in [3.63, 3.8) is 0 Å². The predicted octanol–water partition coefficient (Wildman–Crippen LogP) is 2.81. The number of hydrogen-bond acceptors (Lipinski definition) is 5. The first kappa shape index (κ1) is 16.9. The molecule has 6 nitrogen and oxygen atoms in total. The summed E-state index contributed by atoms with van der Waals surface area (Å²) in [6.07, 6.45) is 6.86. The van der Waals surface area contributed by atoms with Gasteiger partial charge in [0.15, 0.2) is 5.65 Å². The Labute approximate surface area is 162 Å². The molecule has 140 valence electrons. The molecular weight excluding hydrogens is 358 g/mol. The molecule has 4 heterocycles. The van der Waals surface area contributed by atoms with Gasteiger partial charge in [-0.15, -0.1) is 0 Å². The number of hydrogen-bond donors (Lipinski definition) is 1. The molecule has 0 aromatic carbocycles. The molecule has 1 aliphatic heterocycles. The molecule has 7 heteroatoms. The fourth-order valence-electron chi connectivity index (χ4n) is 4.43. The van der Waals surface area contributed by atoms with Gasteiger partial charge in [-0.2, -0.15) is 11.3 Å². The van der Waals surface area contributed by atoms with Gasteiger partial charge in [-0.05, 0) is 66.2 Å². The van der Waals surface area contributed by atoms with Crippen molar-refractivity contribution >= 4 is 28.4 Å². The van der Waals surface area contributed by atoms with Crippen LogP contribution in [0, 0.1) is 5.41 Å². The molecule has 1 amide bonds. The number of aromatic nitrogens is 3. The minimum Gasteiger partial charge on any atom is -0.331 e. The highest BCUT2D eigenvalue weighted by Crippen LogP contribution is 2.56. The van der Waals surface area contributed by atoms with Crippen molar-refractivity contribution in [2.24, 2.45) is 12.5 Å². The van der Waals surface area contributed by atoms with E-state index in [9.17, 15) is 4.79 Å². The zero-order valence-corrected chi connectivity index (χ0v) is 16.2. The quantitative estimate of drug-likeness (QED) is 0.755.